The molecule has 3 aliphatic rings. The van der Waals surface area contributed by atoms with Crippen LogP contribution in [0.5, 0.6) is 0 Å². The summed E-state index contributed by atoms with van der Waals surface area (Å²) in [6.45, 7) is 0. The van der Waals surface area contributed by atoms with E-state index < -0.39 is 0 Å². The standard InChI is InChI=1S/C19H19P/c1-3-10-17(11-4-1)20(18-12-5-2-6-13-18)19-14-8-7-9-16(19)15-19/h1,3-5,7-14,16H,2,6,15H2. The molecule has 1 fully saturated rings. The number of hydrogen-bond donors (Lipinski definition) is 0. The van der Waals surface area contributed by atoms with E-state index in [1.54, 1.807) is 5.31 Å². The van der Waals surface area contributed by atoms with Gasteiger partial charge >= 0.3 is 0 Å². The third kappa shape index (κ3) is 1.95. The summed E-state index contributed by atoms with van der Waals surface area (Å²) < 4.78 is 0. The summed E-state index contributed by atoms with van der Waals surface area (Å²) in [7, 11) is -0.264. The lowest BCUT2D eigenvalue weighted by atomic mass is 10.2. The number of rotatable bonds is 3. The van der Waals surface area contributed by atoms with Gasteiger partial charge in [-0.3, -0.25) is 0 Å². The molecule has 1 saturated carbocycles. The first-order chi connectivity index (χ1) is 9.90. The van der Waals surface area contributed by atoms with Crippen LogP contribution in [0.1, 0.15) is 19.3 Å². The van der Waals surface area contributed by atoms with E-state index in [4.69, 9.17) is 0 Å². The Labute approximate surface area is 122 Å². The monoisotopic (exact) mass is 278 g/mol. The first kappa shape index (κ1) is 12.4. The van der Waals surface area contributed by atoms with Crippen molar-refractivity contribution in [3.05, 3.63) is 78.2 Å². The summed E-state index contributed by atoms with van der Waals surface area (Å²) in [6, 6.07) is 11.2. The predicted octanol–water partition coefficient (Wildman–Crippen LogP) is 4.91. The van der Waals surface area contributed by atoms with Crippen molar-refractivity contribution in [3.8, 4) is 0 Å². The Balaban J connectivity index is 1.79. The van der Waals surface area contributed by atoms with E-state index in [1.807, 2.05) is 0 Å². The summed E-state index contributed by atoms with van der Waals surface area (Å²) in [5, 5.41) is 3.52. The number of fused-ring (bicyclic) bond motifs is 1. The van der Waals surface area contributed by atoms with Gasteiger partial charge in [0.1, 0.15) is 0 Å². The molecule has 0 N–H and O–H groups in total. The maximum Gasteiger partial charge on any atom is 0.0236 e. The minimum atomic E-state index is -0.264. The highest BCUT2D eigenvalue weighted by Crippen LogP contribution is 2.72. The van der Waals surface area contributed by atoms with Crippen LogP contribution in [0.25, 0.3) is 0 Å². The highest BCUT2D eigenvalue weighted by Gasteiger charge is 2.57. The number of allylic oxidation sites excluding steroid dienone is 8. The van der Waals surface area contributed by atoms with Gasteiger partial charge in [0, 0.05) is 5.16 Å². The maximum absolute atomic E-state index is 2.49. The second kappa shape index (κ2) is 4.86. The van der Waals surface area contributed by atoms with Crippen molar-refractivity contribution in [3.63, 3.8) is 0 Å². The predicted molar refractivity (Wildman–Crippen MR) is 88.6 cm³/mol. The summed E-state index contributed by atoms with van der Waals surface area (Å²) in [4.78, 5) is 0. The summed E-state index contributed by atoms with van der Waals surface area (Å²) in [5.74, 6) is 0.759. The highest BCUT2D eigenvalue weighted by atomic mass is 31.1. The van der Waals surface area contributed by atoms with Gasteiger partial charge in [-0.2, -0.15) is 0 Å². The smallest absolute Gasteiger partial charge is 0.0236 e. The molecule has 3 aliphatic carbocycles. The van der Waals surface area contributed by atoms with Gasteiger partial charge in [0.15, 0.2) is 0 Å². The van der Waals surface area contributed by atoms with E-state index in [1.165, 1.54) is 24.6 Å². The molecule has 1 heteroatoms. The lowest BCUT2D eigenvalue weighted by Crippen LogP contribution is -2.17. The molecule has 1 aromatic rings. The zero-order valence-electron chi connectivity index (χ0n) is 11.6. The molecule has 3 unspecified atom stereocenters. The molecule has 0 radical (unpaired) electrons. The maximum atomic E-state index is 2.49. The molecule has 0 aromatic heterocycles. The van der Waals surface area contributed by atoms with Crippen LogP contribution in [0.15, 0.2) is 78.2 Å². The van der Waals surface area contributed by atoms with Crippen LogP contribution >= 0.6 is 7.92 Å². The van der Waals surface area contributed by atoms with Gasteiger partial charge in [0.25, 0.3) is 0 Å². The van der Waals surface area contributed by atoms with E-state index in [0.717, 1.165) is 5.92 Å². The molecule has 0 amide bonds. The quantitative estimate of drug-likeness (QED) is 0.689. The molecular formula is C19H19P. The molecule has 0 heterocycles. The Kier molecular flexibility index (Phi) is 3.00. The Morgan fingerprint density at radius 3 is 2.70 bits per heavy atom. The fraction of sp³-hybridized carbons (Fsp3) is 0.263. The van der Waals surface area contributed by atoms with E-state index in [-0.39, 0.29) is 7.92 Å². The summed E-state index contributed by atoms with van der Waals surface area (Å²) in [6.07, 6.45) is 20.3. The van der Waals surface area contributed by atoms with Crippen molar-refractivity contribution < 1.29 is 0 Å². The molecule has 0 bridgehead atoms. The van der Waals surface area contributed by atoms with Crippen LogP contribution in [-0.2, 0) is 0 Å². The molecule has 3 atom stereocenters. The van der Waals surface area contributed by atoms with Crippen molar-refractivity contribution in [1.29, 1.82) is 0 Å². The fourth-order valence-corrected chi connectivity index (χ4v) is 6.77. The third-order valence-corrected chi connectivity index (χ3v) is 7.69. The zero-order valence-corrected chi connectivity index (χ0v) is 12.5. The molecule has 0 saturated heterocycles. The van der Waals surface area contributed by atoms with Crippen LogP contribution < -0.4 is 5.30 Å². The van der Waals surface area contributed by atoms with E-state index in [9.17, 15) is 0 Å². The van der Waals surface area contributed by atoms with E-state index in [2.05, 4.69) is 72.9 Å². The average molecular weight is 278 g/mol. The van der Waals surface area contributed by atoms with Gasteiger partial charge < -0.3 is 0 Å². The number of benzene rings is 1. The third-order valence-electron chi connectivity index (χ3n) is 4.53. The molecule has 0 nitrogen and oxygen atoms in total. The van der Waals surface area contributed by atoms with Crippen molar-refractivity contribution in [2.75, 3.05) is 0 Å². The second-order valence-corrected chi connectivity index (χ2v) is 8.36. The molecule has 4 rings (SSSR count). The molecule has 100 valence electrons. The molecular weight excluding hydrogens is 259 g/mol. The summed E-state index contributed by atoms with van der Waals surface area (Å²) in [5.41, 5.74) is 0. The van der Waals surface area contributed by atoms with Gasteiger partial charge in [-0.15, -0.1) is 0 Å². The first-order valence-corrected chi connectivity index (χ1v) is 8.82. The fourth-order valence-electron chi connectivity index (χ4n) is 3.44. The van der Waals surface area contributed by atoms with Gasteiger partial charge in [0.05, 0.1) is 0 Å². The van der Waals surface area contributed by atoms with Crippen LogP contribution in [0.2, 0.25) is 0 Å². The average Bonchev–Trinajstić information content (AvgIpc) is 3.25. The molecule has 20 heavy (non-hydrogen) atoms. The Hall–Kier alpha value is -1.39. The largest absolute Gasteiger partial charge is 0.0836 e. The zero-order chi connectivity index (χ0) is 13.4. The van der Waals surface area contributed by atoms with Gasteiger partial charge in [0.2, 0.25) is 0 Å². The molecule has 0 spiro atoms. The van der Waals surface area contributed by atoms with Crippen molar-refractivity contribution in [1.82, 2.24) is 0 Å². The summed E-state index contributed by atoms with van der Waals surface area (Å²) >= 11 is 0. The van der Waals surface area contributed by atoms with Crippen LogP contribution in [0.4, 0.5) is 0 Å². The van der Waals surface area contributed by atoms with Crippen molar-refractivity contribution in [2.45, 2.75) is 24.4 Å². The van der Waals surface area contributed by atoms with Gasteiger partial charge in [-0.25, -0.2) is 0 Å². The number of hydrogen-bond acceptors (Lipinski definition) is 0. The first-order valence-electron chi connectivity index (χ1n) is 7.48. The van der Waals surface area contributed by atoms with Crippen molar-refractivity contribution >= 4 is 13.2 Å². The lowest BCUT2D eigenvalue weighted by molar-refractivity contribution is 1.01. The minimum absolute atomic E-state index is 0.264. The lowest BCUT2D eigenvalue weighted by Gasteiger charge is -2.30. The topological polar surface area (TPSA) is 0 Å². The van der Waals surface area contributed by atoms with Crippen LogP contribution in [0, 0.1) is 5.92 Å². The molecule has 1 aromatic carbocycles. The van der Waals surface area contributed by atoms with Crippen LogP contribution in [0.3, 0.4) is 0 Å². The van der Waals surface area contributed by atoms with Gasteiger partial charge in [-0.05, 0) is 43.7 Å². The highest BCUT2D eigenvalue weighted by molar-refractivity contribution is 7.72. The van der Waals surface area contributed by atoms with E-state index in [0.29, 0.717) is 5.16 Å². The van der Waals surface area contributed by atoms with Gasteiger partial charge in [-0.1, -0.05) is 72.9 Å². The minimum Gasteiger partial charge on any atom is -0.0836 e. The van der Waals surface area contributed by atoms with Crippen molar-refractivity contribution in [2.24, 2.45) is 5.92 Å². The van der Waals surface area contributed by atoms with E-state index >= 15 is 0 Å². The normalized spacial score (nSPS) is 31.6. The second-order valence-electron chi connectivity index (χ2n) is 5.83. The molecule has 0 aliphatic heterocycles. The Morgan fingerprint density at radius 2 is 1.95 bits per heavy atom. The Morgan fingerprint density at radius 1 is 1.05 bits per heavy atom. The Bertz CT molecular complexity index is 620. The SMILES string of the molecule is C1=CC2CC2(P(C2=CCCC=C2)c2ccccc2)C=C1. The van der Waals surface area contributed by atoms with Crippen LogP contribution in [-0.4, -0.2) is 5.16 Å².